The third-order valence-electron chi connectivity index (χ3n) is 3.40. The van der Waals surface area contributed by atoms with E-state index < -0.39 is 0 Å². The summed E-state index contributed by atoms with van der Waals surface area (Å²) in [6, 6.07) is 4.23. The van der Waals surface area contributed by atoms with E-state index in [1.807, 2.05) is 13.8 Å². The van der Waals surface area contributed by atoms with E-state index in [-0.39, 0.29) is 24.0 Å². The third-order valence-corrected chi connectivity index (χ3v) is 4.34. The van der Waals surface area contributed by atoms with Crippen molar-refractivity contribution in [2.75, 3.05) is 19.6 Å². The van der Waals surface area contributed by atoms with Crippen molar-refractivity contribution in [3.05, 3.63) is 39.4 Å². The van der Waals surface area contributed by atoms with Gasteiger partial charge in [0, 0.05) is 36.5 Å². The maximum absolute atomic E-state index is 5.18. The molecule has 0 atom stereocenters. The molecule has 0 bridgehead atoms. The van der Waals surface area contributed by atoms with Gasteiger partial charge in [0.2, 0.25) is 0 Å². The van der Waals surface area contributed by atoms with Crippen molar-refractivity contribution >= 4 is 41.3 Å². The van der Waals surface area contributed by atoms with Crippen molar-refractivity contribution in [2.24, 2.45) is 4.99 Å². The highest BCUT2D eigenvalue weighted by Crippen LogP contribution is 2.12. The van der Waals surface area contributed by atoms with Crippen molar-refractivity contribution in [1.29, 1.82) is 0 Å². The van der Waals surface area contributed by atoms with E-state index in [2.05, 4.69) is 45.2 Å². The lowest BCUT2D eigenvalue weighted by Crippen LogP contribution is -2.38. The van der Waals surface area contributed by atoms with E-state index in [1.54, 1.807) is 11.3 Å². The van der Waals surface area contributed by atoms with E-state index in [1.165, 1.54) is 10.4 Å². The Balaban J connectivity index is 0.00000264. The minimum absolute atomic E-state index is 0. The lowest BCUT2D eigenvalue weighted by atomic mass is 10.1. The number of hydrogen-bond donors (Lipinski definition) is 2. The Kier molecular flexibility index (Phi) is 9.23. The average molecular weight is 448 g/mol. The summed E-state index contributed by atoms with van der Waals surface area (Å²) in [5.74, 6) is 1.77. The Bertz CT molecular complexity index is 576. The molecule has 0 amide bonds. The van der Waals surface area contributed by atoms with Gasteiger partial charge in [-0.15, -0.1) is 35.3 Å². The highest BCUT2D eigenvalue weighted by molar-refractivity contribution is 14.0. The number of rotatable bonds is 7. The number of guanidine groups is 1. The lowest BCUT2D eigenvalue weighted by molar-refractivity contribution is 0.392. The zero-order chi connectivity index (χ0) is 15.8. The van der Waals surface area contributed by atoms with E-state index in [0.29, 0.717) is 0 Å². The fourth-order valence-corrected chi connectivity index (χ4v) is 2.94. The Hall–Kier alpha value is -1.09. The fourth-order valence-electron chi connectivity index (χ4n) is 2.24. The summed E-state index contributed by atoms with van der Waals surface area (Å²) in [7, 11) is 0. The van der Waals surface area contributed by atoms with Gasteiger partial charge in [0.15, 0.2) is 5.96 Å². The van der Waals surface area contributed by atoms with Crippen LogP contribution in [0.3, 0.4) is 0 Å². The Morgan fingerprint density at radius 2 is 2.13 bits per heavy atom. The Morgan fingerprint density at radius 3 is 2.74 bits per heavy atom. The van der Waals surface area contributed by atoms with E-state index in [4.69, 9.17) is 4.52 Å². The summed E-state index contributed by atoms with van der Waals surface area (Å²) in [4.78, 5) is 5.98. The lowest BCUT2D eigenvalue weighted by Gasteiger charge is -2.11. The Morgan fingerprint density at radius 1 is 1.30 bits per heavy atom. The normalized spacial score (nSPS) is 11.2. The number of nitrogens with zero attached hydrogens (tertiary/aromatic N) is 2. The van der Waals surface area contributed by atoms with Crippen LogP contribution in [0, 0.1) is 13.8 Å². The highest BCUT2D eigenvalue weighted by atomic mass is 127. The number of aromatic nitrogens is 1. The van der Waals surface area contributed by atoms with E-state index in [0.717, 1.165) is 49.9 Å². The molecule has 0 aliphatic carbocycles. The summed E-state index contributed by atoms with van der Waals surface area (Å²) in [5.41, 5.74) is 2.15. The molecule has 2 rings (SSSR count). The largest absolute Gasteiger partial charge is 0.361 e. The van der Waals surface area contributed by atoms with Crippen LogP contribution in [0.15, 0.2) is 27.0 Å². The molecular weight excluding hydrogens is 423 g/mol. The zero-order valence-electron chi connectivity index (χ0n) is 13.9. The number of nitrogens with one attached hydrogen (secondary N) is 2. The second kappa shape index (κ2) is 10.6. The molecule has 0 radical (unpaired) electrons. The van der Waals surface area contributed by atoms with Crippen LogP contribution < -0.4 is 10.6 Å². The predicted molar refractivity (Wildman–Crippen MR) is 107 cm³/mol. The molecular formula is C16H25IN4OS. The first kappa shape index (κ1) is 20.0. The van der Waals surface area contributed by atoms with Crippen molar-refractivity contribution in [1.82, 2.24) is 15.8 Å². The van der Waals surface area contributed by atoms with Crippen LogP contribution >= 0.6 is 35.3 Å². The predicted octanol–water partition coefficient (Wildman–Crippen LogP) is 3.31. The molecule has 0 spiro atoms. The fraction of sp³-hybridized carbons (Fsp3) is 0.500. The summed E-state index contributed by atoms with van der Waals surface area (Å²) < 4.78 is 5.18. The molecule has 0 aliphatic heterocycles. The van der Waals surface area contributed by atoms with Gasteiger partial charge < -0.3 is 15.2 Å². The van der Waals surface area contributed by atoms with E-state index >= 15 is 0 Å². The van der Waals surface area contributed by atoms with Gasteiger partial charge >= 0.3 is 0 Å². The first-order chi connectivity index (χ1) is 10.7. The molecule has 5 nitrogen and oxygen atoms in total. The standard InChI is InChI=1S/C16H24N4OS.HI/c1-4-17-16(18-9-7-14-6-5-11-22-14)19-10-8-15-12(2)20-21-13(15)3;/h5-6,11H,4,7-10H2,1-3H3,(H2,17,18,19);1H. The van der Waals surface area contributed by atoms with Crippen LogP contribution in [0.25, 0.3) is 0 Å². The molecule has 0 saturated heterocycles. The van der Waals surface area contributed by atoms with Crippen molar-refractivity contribution in [3.63, 3.8) is 0 Å². The van der Waals surface area contributed by atoms with Crippen molar-refractivity contribution in [3.8, 4) is 0 Å². The molecule has 0 aliphatic rings. The maximum Gasteiger partial charge on any atom is 0.191 e. The van der Waals surface area contributed by atoms with Crippen LogP contribution in [0.5, 0.6) is 0 Å². The summed E-state index contributed by atoms with van der Waals surface area (Å²) >= 11 is 1.78. The van der Waals surface area contributed by atoms with Crippen LogP contribution in [-0.2, 0) is 12.8 Å². The molecule has 2 aromatic heterocycles. The van der Waals surface area contributed by atoms with Gasteiger partial charge in [-0.3, -0.25) is 4.99 Å². The third kappa shape index (κ3) is 6.50. The number of aryl methyl sites for hydroxylation is 2. The Labute approximate surface area is 159 Å². The van der Waals surface area contributed by atoms with Gasteiger partial charge in [0.05, 0.1) is 5.69 Å². The number of aliphatic imine (C=N–C) groups is 1. The van der Waals surface area contributed by atoms with Crippen LogP contribution in [0.4, 0.5) is 0 Å². The van der Waals surface area contributed by atoms with Gasteiger partial charge in [-0.05, 0) is 38.6 Å². The van der Waals surface area contributed by atoms with Gasteiger partial charge in [-0.2, -0.15) is 0 Å². The molecule has 2 N–H and O–H groups in total. The van der Waals surface area contributed by atoms with Gasteiger partial charge in [0.1, 0.15) is 5.76 Å². The first-order valence-electron chi connectivity index (χ1n) is 7.67. The zero-order valence-corrected chi connectivity index (χ0v) is 17.0. The first-order valence-corrected chi connectivity index (χ1v) is 8.55. The molecule has 23 heavy (non-hydrogen) atoms. The second-order valence-electron chi connectivity index (χ2n) is 5.07. The molecule has 128 valence electrons. The van der Waals surface area contributed by atoms with Crippen LogP contribution in [-0.4, -0.2) is 30.8 Å². The molecule has 0 unspecified atom stereocenters. The molecule has 0 saturated carbocycles. The molecule has 2 heterocycles. The summed E-state index contributed by atoms with van der Waals surface area (Å²) in [6.07, 6.45) is 1.87. The maximum atomic E-state index is 5.18. The quantitative estimate of drug-likeness (QED) is 0.388. The highest BCUT2D eigenvalue weighted by Gasteiger charge is 2.08. The topological polar surface area (TPSA) is 62.5 Å². The monoisotopic (exact) mass is 448 g/mol. The molecule has 0 fully saturated rings. The molecule has 0 aromatic carbocycles. The SMILES string of the molecule is CCNC(=NCCc1cccs1)NCCc1c(C)noc1C.I. The van der Waals surface area contributed by atoms with Crippen LogP contribution in [0.2, 0.25) is 0 Å². The van der Waals surface area contributed by atoms with Gasteiger partial charge in [0.25, 0.3) is 0 Å². The van der Waals surface area contributed by atoms with Crippen LogP contribution in [0.1, 0.15) is 28.8 Å². The van der Waals surface area contributed by atoms with Gasteiger partial charge in [-0.25, -0.2) is 0 Å². The van der Waals surface area contributed by atoms with Crippen molar-refractivity contribution in [2.45, 2.75) is 33.6 Å². The summed E-state index contributed by atoms with van der Waals surface area (Å²) in [5, 5.41) is 12.7. The summed E-state index contributed by atoms with van der Waals surface area (Å²) in [6.45, 7) is 8.47. The number of thiophene rings is 1. The van der Waals surface area contributed by atoms with Crippen molar-refractivity contribution < 1.29 is 4.52 Å². The number of halogens is 1. The van der Waals surface area contributed by atoms with E-state index in [9.17, 15) is 0 Å². The molecule has 7 heteroatoms. The van der Waals surface area contributed by atoms with Gasteiger partial charge in [-0.1, -0.05) is 11.2 Å². The smallest absolute Gasteiger partial charge is 0.191 e. The minimum Gasteiger partial charge on any atom is -0.361 e. The number of hydrogen-bond acceptors (Lipinski definition) is 4. The average Bonchev–Trinajstić information content (AvgIpc) is 3.12. The minimum atomic E-state index is 0. The second-order valence-corrected chi connectivity index (χ2v) is 6.10. The molecule has 2 aromatic rings.